The van der Waals surface area contributed by atoms with Crippen molar-refractivity contribution in [3.63, 3.8) is 0 Å². The van der Waals surface area contributed by atoms with Gasteiger partial charge in [-0.2, -0.15) is 18.2 Å². The largest absolute Gasteiger partial charge is 0.611 e. The Bertz CT molecular complexity index is 964. The van der Waals surface area contributed by atoms with Crippen LogP contribution in [0.2, 0.25) is 0 Å². The molecule has 0 radical (unpaired) electrons. The molecule has 0 saturated carbocycles. The van der Waals surface area contributed by atoms with Crippen molar-refractivity contribution < 1.29 is 22.3 Å². The van der Waals surface area contributed by atoms with Gasteiger partial charge in [0, 0.05) is 35.6 Å². The van der Waals surface area contributed by atoms with Crippen molar-refractivity contribution in [2.75, 3.05) is 11.5 Å². The van der Waals surface area contributed by atoms with Gasteiger partial charge in [0.15, 0.2) is 10.6 Å². The second-order valence-electron chi connectivity index (χ2n) is 5.43. The van der Waals surface area contributed by atoms with Gasteiger partial charge in [0.2, 0.25) is 5.03 Å². The molecule has 3 aromatic rings. The zero-order valence-electron chi connectivity index (χ0n) is 14.4. The summed E-state index contributed by atoms with van der Waals surface area (Å²) in [6, 6.07) is 3.95. The van der Waals surface area contributed by atoms with Gasteiger partial charge < -0.3 is 9.11 Å². The Morgan fingerprint density at radius 3 is 2.41 bits per heavy atom. The third-order valence-electron chi connectivity index (χ3n) is 3.72. The Morgan fingerprint density at radius 1 is 1.07 bits per heavy atom. The van der Waals surface area contributed by atoms with Crippen molar-refractivity contribution in [3.8, 4) is 11.4 Å². The van der Waals surface area contributed by atoms with Crippen molar-refractivity contribution in [1.82, 2.24) is 19.4 Å². The number of aromatic nitrogens is 4. The smallest absolute Gasteiger partial charge is 0.433 e. The maximum Gasteiger partial charge on any atom is 0.433 e. The molecule has 0 fully saturated rings. The fourth-order valence-electron chi connectivity index (χ4n) is 2.39. The molecule has 0 aliphatic carbocycles. The monoisotopic (exact) mass is 416 g/mol. The normalized spacial score (nSPS) is 14.5. The van der Waals surface area contributed by atoms with E-state index in [4.69, 9.17) is 0 Å². The van der Waals surface area contributed by atoms with Crippen LogP contribution in [-0.4, -0.2) is 40.0 Å². The Kier molecular flexibility index (Phi) is 5.65. The summed E-state index contributed by atoms with van der Waals surface area (Å²) in [5.74, 6) is 0.685. The minimum absolute atomic E-state index is 0.0318. The standard InChI is InChI=1S/C16H15F3N4O2S2/c1-3-26(24)11-5-6-14(27(25)4-2)22-15(11)10-8-23-9-20-12(16(17,18)19)7-13(23)21-10/h5-9H,3-4H2,1-2H3. The van der Waals surface area contributed by atoms with Crippen LogP contribution in [0.5, 0.6) is 0 Å². The lowest BCUT2D eigenvalue weighted by atomic mass is 10.3. The van der Waals surface area contributed by atoms with Gasteiger partial charge in [-0.1, -0.05) is 0 Å². The molecule has 3 aromatic heterocycles. The molecule has 6 nitrogen and oxygen atoms in total. The van der Waals surface area contributed by atoms with Gasteiger partial charge in [-0.25, -0.2) is 9.97 Å². The average molecular weight is 416 g/mol. The van der Waals surface area contributed by atoms with E-state index in [0.29, 0.717) is 21.4 Å². The first-order valence-electron chi connectivity index (χ1n) is 7.94. The number of halogens is 3. The van der Waals surface area contributed by atoms with Crippen molar-refractivity contribution >= 4 is 28.0 Å². The van der Waals surface area contributed by atoms with Crippen molar-refractivity contribution in [2.45, 2.75) is 29.9 Å². The average Bonchev–Trinajstić information content (AvgIpc) is 3.08. The van der Waals surface area contributed by atoms with E-state index in [0.717, 1.165) is 12.4 Å². The maximum absolute atomic E-state index is 12.9. The molecule has 0 saturated heterocycles. The topological polar surface area (TPSA) is 89.2 Å². The molecule has 0 amide bonds. The van der Waals surface area contributed by atoms with E-state index in [1.54, 1.807) is 26.0 Å². The summed E-state index contributed by atoms with van der Waals surface area (Å²) in [6.07, 6.45) is -2.11. The van der Waals surface area contributed by atoms with Gasteiger partial charge in [-0.05, 0) is 25.0 Å². The predicted octanol–water partition coefficient (Wildman–Crippen LogP) is 3.07. The van der Waals surface area contributed by atoms with Crippen LogP contribution >= 0.6 is 0 Å². The number of pyridine rings is 1. The van der Waals surface area contributed by atoms with Crippen LogP contribution in [0.1, 0.15) is 19.5 Å². The lowest BCUT2D eigenvalue weighted by molar-refractivity contribution is -0.141. The van der Waals surface area contributed by atoms with E-state index in [2.05, 4.69) is 15.0 Å². The Balaban J connectivity index is 2.15. The zero-order valence-corrected chi connectivity index (χ0v) is 16.0. The fourth-order valence-corrected chi connectivity index (χ4v) is 3.99. The van der Waals surface area contributed by atoms with E-state index >= 15 is 0 Å². The van der Waals surface area contributed by atoms with Crippen LogP contribution < -0.4 is 0 Å². The molecule has 0 N–H and O–H groups in total. The third-order valence-corrected chi connectivity index (χ3v) is 6.28. The molecule has 144 valence electrons. The first-order chi connectivity index (χ1) is 12.7. The molecule has 11 heteroatoms. The molecule has 0 aromatic carbocycles. The summed E-state index contributed by atoms with van der Waals surface area (Å²) < 4.78 is 64.3. The van der Waals surface area contributed by atoms with Gasteiger partial charge in [0.25, 0.3) is 0 Å². The summed E-state index contributed by atoms with van der Waals surface area (Å²) in [7, 11) is 0. The predicted molar refractivity (Wildman–Crippen MR) is 95.1 cm³/mol. The quantitative estimate of drug-likeness (QED) is 0.597. The lowest BCUT2D eigenvalue weighted by Gasteiger charge is -2.13. The number of rotatable bonds is 5. The van der Waals surface area contributed by atoms with E-state index < -0.39 is 34.2 Å². The highest BCUT2D eigenvalue weighted by molar-refractivity contribution is 7.91. The zero-order chi connectivity index (χ0) is 19.8. The van der Waals surface area contributed by atoms with Crippen LogP contribution in [0.25, 0.3) is 17.0 Å². The number of alkyl halides is 3. The number of hydrogen-bond acceptors (Lipinski definition) is 5. The summed E-state index contributed by atoms with van der Waals surface area (Å²) in [5, 5.41) is 0.301. The van der Waals surface area contributed by atoms with Crippen molar-refractivity contribution in [1.29, 1.82) is 0 Å². The fraction of sp³-hybridized carbons (Fsp3) is 0.312. The van der Waals surface area contributed by atoms with Gasteiger partial charge >= 0.3 is 6.18 Å². The van der Waals surface area contributed by atoms with E-state index in [1.807, 2.05) is 0 Å². The molecule has 2 atom stereocenters. The Morgan fingerprint density at radius 2 is 1.78 bits per heavy atom. The Hall–Kier alpha value is -1.82. The van der Waals surface area contributed by atoms with Gasteiger partial charge in [-0.3, -0.25) is 4.40 Å². The summed E-state index contributed by atoms with van der Waals surface area (Å²) >= 11 is -2.71. The van der Waals surface area contributed by atoms with Gasteiger partial charge in [0.05, 0.1) is 0 Å². The van der Waals surface area contributed by atoms with Gasteiger partial charge in [-0.15, -0.1) is 0 Å². The minimum atomic E-state index is -4.58. The highest BCUT2D eigenvalue weighted by Crippen LogP contribution is 2.30. The van der Waals surface area contributed by atoms with E-state index in [1.165, 1.54) is 10.6 Å². The van der Waals surface area contributed by atoms with Crippen LogP contribution in [0.3, 0.4) is 0 Å². The van der Waals surface area contributed by atoms with Crippen molar-refractivity contribution in [2.24, 2.45) is 0 Å². The molecule has 0 bridgehead atoms. The Labute approximate surface area is 159 Å². The van der Waals surface area contributed by atoms with Crippen LogP contribution in [-0.2, 0) is 28.5 Å². The first-order valence-corrected chi connectivity index (χ1v) is 10.6. The molecular weight excluding hydrogens is 401 g/mol. The number of fused-ring (bicyclic) bond motifs is 1. The second kappa shape index (κ2) is 7.66. The van der Waals surface area contributed by atoms with Crippen LogP contribution in [0, 0.1) is 0 Å². The van der Waals surface area contributed by atoms with Crippen molar-refractivity contribution in [3.05, 3.63) is 36.4 Å². The molecule has 0 spiro atoms. The minimum Gasteiger partial charge on any atom is -0.611 e. The summed E-state index contributed by atoms with van der Waals surface area (Å²) in [4.78, 5) is 12.3. The summed E-state index contributed by atoms with van der Waals surface area (Å²) in [5.41, 5.74) is -0.544. The highest BCUT2D eigenvalue weighted by atomic mass is 32.2. The molecule has 3 rings (SSSR count). The SMILES string of the molecule is CC[S+]([O-])c1ccc([S+]([O-])CC)c(-c2cn3cnc(C(F)(F)F)cc3n2)n1. The second-order valence-corrected chi connectivity index (χ2v) is 8.82. The van der Waals surface area contributed by atoms with Crippen LogP contribution in [0.15, 0.2) is 40.6 Å². The highest BCUT2D eigenvalue weighted by Gasteiger charge is 2.33. The van der Waals surface area contributed by atoms with Gasteiger partial charge in [0.1, 0.15) is 34.9 Å². The molecule has 27 heavy (non-hydrogen) atoms. The molecular formula is C16H15F3N4O2S2. The van der Waals surface area contributed by atoms with Crippen LogP contribution in [0.4, 0.5) is 13.2 Å². The first kappa shape index (κ1) is 19.9. The number of hydrogen-bond donors (Lipinski definition) is 0. The third kappa shape index (κ3) is 4.05. The lowest BCUT2D eigenvalue weighted by Crippen LogP contribution is -2.11. The molecule has 3 heterocycles. The molecule has 2 unspecified atom stereocenters. The number of imidazole rings is 1. The molecule has 0 aliphatic heterocycles. The maximum atomic E-state index is 12.9. The molecule has 0 aliphatic rings. The van der Waals surface area contributed by atoms with E-state index in [9.17, 15) is 22.3 Å². The summed E-state index contributed by atoms with van der Waals surface area (Å²) in [6.45, 7) is 3.48. The van der Waals surface area contributed by atoms with E-state index in [-0.39, 0.29) is 17.0 Å². The number of nitrogens with zero attached hydrogens (tertiary/aromatic N) is 4.